The average molecular weight is 487 g/mol. The zero-order valence-electron chi connectivity index (χ0n) is 18.0. The van der Waals surface area contributed by atoms with Crippen LogP contribution in [0.15, 0.2) is 107 Å². The van der Waals surface area contributed by atoms with E-state index >= 15 is 0 Å². The molecule has 0 radical (unpaired) electrons. The molecule has 0 atom stereocenters. The van der Waals surface area contributed by atoms with Crippen molar-refractivity contribution in [2.45, 2.75) is 9.79 Å². The van der Waals surface area contributed by atoms with Crippen LogP contribution in [-0.2, 0) is 0 Å². The van der Waals surface area contributed by atoms with Crippen molar-refractivity contribution in [3.63, 3.8) is 0 Å². The monoisotopic (exact) mass is 486 g/mol. The van der Waals surface area contributed by atoms with E-state index in [1.165, 1.54) is 21.6 Å². The minimum Gasteiger partial charge on any atom is -0.399 e. The van der Waals surface area contributed by atoms with Gasteiger partial charge in [-0.05, 0) is 72.8 Å². The van der Waals surface area contributed by atoms with Crippen molar-refractivity contribution in [2.24, 2.45) is 0 Å². The molecule has 0 aromatic heterocycles. The number of nitrogen functional groups attached to an aromatic ring is 2. The maximum atomic E-state index is 12.9. The van der Waals surface area contributed by atoms with E-state index in [0.29, 0.717) is 33.9 Å². The molecule has 34 heavy (non-hydrogen) atoms. The highest BCUT2D eigenvalue weighted by Crippen LogP contribution is 2.40. The lowest BCUT2D eigenvalue weighted by Crippen LogP contribution is -2.13. The Bertz CT molecular complexity index is 1210. The predicted octanol–water partition coefficient (Wildman–Crippen LogP) is 6.16. The van der Waals surface area contributed by atoms with E-state index in [9.17, 15) is 9.59 Å². The van der Waals surface area contributed by atoms with Crippen LogP contribution >= 0.6 is 21.6 Å². The SMILES string of the molecule is Nc1ccc(NC(=O)c2ccccc2SSc2ccccc2C(=O)Nc2ccc(N)cc2)cc1. The molecule has 4 aromatic carbocycles. The van der Waals surface area contributed by atoms with Crippen molar-refractivity contribution in [2.75, 3.05) is 22.1 Å². The van der Waals surface area contributed by atoms with Gasteiger partial charge in [-0.15, -0.1) is 0 Å². The summed E-state index contributed by atoms with van der Waals surface area (Å²) in [6.45, 7) is 0. The summed E-state index contributed by atoms with van der Waals surface area (Å²) < 4.78 is 0. The molecule has 0 saturated heterocycles. The van der Waals surface area contributed by atoms with Crippen molar-refractivity contribution in [1.29, 1.82) is 0 Å². The van der Waals surface area contributed by atoms with E-state index in [2.05, 4.69) is 10.6 Å². The number of nitrogens with one attached hydrogen (secondary N) is 2. The Morgan fingerprint density at radius 3 is 1.26 bits per heavy atom. The first kappa shape index (κ1) is 23.3. The number of carbonyl (C=O) groups is 2. The quantitative estimate of drug-likeness (QED) is 0.184. The summed E-state index contributed by atoms with van der Waals surface area (Å²) in [5, 5.41) is 5.79. The zero-order chi connectivity index (χ0) is 23.9. The molecule has 6 N–H and O–H groups in total. The topological polar surface area (TPSA) is 110 Å². The summed E-state index contributed by atoms with van der Waals surface area (Å²) in [5.41, 5.74) is 15.1. The summed E-state index contributed by atoms with van der Waals surface area (Å²) >= 11 is 0. The molecule has 0 aliphatic rings. The third kappa shape index (κ3) is 5.92. The van der Waals surface area contributed by atoms with Gasteiger partial charge in [-0.3, -0.25) is 9.59 Å². The summed E-state index contributed by atoms with van der Waals surface area (Å²) in [7, 11) is 2.84. The van der Waals surface area contributed by atoms with Crippen LogP contribution < -0.4 is 22.1 Å². The van der Waals surface area contributed by atoms with E-state index in [0.717, 1.165) is 9.79 Å². The van der Waals surface area contributed by atoms with Crippen LogP contribution in [0.5, 0.6) is 0 Å². The van der Waals surface area contributed by atoms with Gasteiger partial charge in [0.25, 0.3) is 11.8 Å². The van der Waals surface area contributed by atoms with Gasteiger partial charge in [-0.2, -0.15) is 0 Å². The minimum atomic E-state index is -0.220. The van der Waals surface area contributed by atoms with Crippen LogP contribution in [-0.4, -0.2) is 11.8 Å². The van der Waals surface area contributed by atoms with E-state index in [-0.39, 0.29) is 11.8 Å². The molecule has 170 valence electrons. The molecular formula is C26H22N4O2S2. The van der Waals surface area contributed by atoms with Crippen molar-refractivity contribution in [1.82, 2.24) is 0 Å². The van der Waals surface area contributed by atoms with Gasteiger partial charge in [0.2, 0.25) is 0 Å². The standard InChI is InChI=1S/C26H22N4O2S2/c27-17-9-13-19(14-10-17)29-25(31)21-5-1-3-7-23(21)33-34-24-8-4-2-6-22(24)26(32)30-20-15-11-18(28)12-16-20/h1-16H,27-28H2,(H,29,31)(H,30,32). The summed E-state index contributed by atoms with van der Waals surface area (Å²) in [6, 6.07) is 28.7. The van der Waals surface area contributed by atoms with E-state index in [1.54, 1.807) is 60.7 Å². The normalized spacial score (nSPS) is 10.5. The third-order valence-electron chi connectivity index (χ3n) is 4.82. The van der Waals surface area contributed by atoms with Crippen LogP contribution in [0.2, 0.25) is 0 Å². The second-order valence-corrected chi connectivity index (χ2v) is 9.52. The highest BCUT2D eigenvalue weighted by Gasteiger charge is 2.16. The lowest BCUT2D eigenvalue weighted by Gasteiger charge is -2.12. The van der Waals surface area contributed by atoms with Crippen molar-refractivity contribution < 1.29 is 9.59 Å². The third-order valence-corrected chi connectivity index (χ3v) is 7.30. The van der Waals surface area contributed by atoms with Crippen LogP contribution in [0.25, 0.3) is 0 Å². The number of amides is 2. The molecule has 0 heterocycles. The fourth-order valence-corrected chi connectivity index (χ4v) is 5.43. The van der Waals surface area contributed by atoms with Crippen molar-refractivity contribution in [3.8, 4) is 0 Å². The molecule has 0 aliphatic heterocycles. The minimum absolute atomic E-state index is 0.220. The first-order chi connectivity index (χ1) is 16.5. The molecule has 0 saturated carbocycles. The van der Waals surface area contributed by atoms with Gasteiger partial charge in [0.15, 0.2) is 0 Å². The van der Waals surface area contributed by atoms with Gasteiger partial charge in [-0.25, -0.2) is 0 Å². The zero-order valence-corrected chi connectivity index (χ0v) is 19.7. The molecule has 0 fully saturated rings. The Hall–Kier alpha value is -3.88. The Labute approximate surface area is 205 Å². The van der Waals surface area contributed by atoms with Gasteiger partial charge in [-0.1, -0.05) is 45.9 Å². The summed E-state index contributed by atoms with van der Waals surface area (Å²) in [6.07, 6.45) is 0. The molecule has 8 heteroatoms. The van der Waals surface area contributed by atoms with E-state index < -0.39 is 0 Å². The fraction of sp³-hybridized carbons (Fsp3) is 0. The maximum absolute atomic E-state index is 12.9. The summed E-state index contributed by atoms with van der Waals surface area (Å²) in [4.78, 5) is 27.4. The Morgan fingerprint density at radius 1 is 0.529 bits per heavy atom. The maximum Gasteiger partial charge on any atom is 0.256 e. The molecule has 4 aromatic rings. The number of nitrogens with two attached hydrogens (primary N) is 2. The Balaban J connectivity index is 1.48. The molecule has 0 bridgehead atoms. The first-order valence-corrected chi connectivity index (χ1v) is 12.5. The molecular weight excluding hydrogens is 464 g/mol. The van der Waals surface area contributed by atoms with Gasteiger partial charge < -0.3 is 22.1 Å². The lowest BCUT2D eigenvalue weighted by atomic mass is 10.2. The van der Waals surface area contributed by atoms with Crippen molar-refractivity contribution in [3.05, 3.63) is 108 Å². The largest absolute Gasteiger partial charge is 0.399 e. The Kier molecular flexibility index (Phi) is 7.41. The van der Waals surface area contributed by atoms with Crippen LogP contribution in [0, 0.1) is 0 Å². The molecule has 4 rings (SSSR count). The van der Waals surface area contributed by atoms with Crippen LogP contribution in [0.1, 0.15) is 20.7 Å². The number of rotatable bonds is 7. The van der Waals surface area contributed by atoms with E-state index in [1.807, 2.05) is 36.4 Å². The lowest BCUT2D eigenvalue weighted by molar-refractivity contribution is 0.101. The number of anilines is 4. The smallest absolute Gasteiger partial charge is 0.256 e. The highest BCUT2D eigenvalue weighted by atomic mass is 33.1. The second-order valence-electron chi connectivity index (χ2n) is 7.31. The predicted molar refractivity (Wildman–Crippen MR) is 142 cm³/mol. The number of hydrogen-bond donors (Lipinski definition) is 4. The highest BCUT2D eigenvalue weighted by molar-refractivity contribution is 8.76. The molecule has 2 amide bonds. The first-order valence-electron chi connectivity index (χ1n) is 10.4. The fourth-order valence-electron chi connectivity index (χ4n) is 3.07. The van der Waals surface area contributed by atoms with E-state index in [4.69, 9.17) is 11.5 Å². The van der Waals surface area contributed by atoms with Gasteiger partial charge in [0.05, 0.1) is 11.1 Å². The second kappa shape index (κ2) is 10.8. The van der Waals surface area contributed by atoms with Crippen LogP contribution in [0.3, 0.4) is 0 Å². The summed E-state index contributed by atoms with van der Waals surface area (Å²) in [5.74, 6) is -0.439. The molecule has 0 spiro atoms. The Morgan fingerprint density at radius 2 is 0.882 bits per heavy atom. The van der Waals surface area contributed by atoms with Crippen LogP contribution in [0.4, 0.5) is 22.7 Å². The van der Waals surface area contributed by atoms with Gasteiger partial charge >= 0.3 is 0 Å². The number of carbonyl (C=O) groups excluding carboxylic acids is 2. The molecule has 0 aliphatic carbocycles. The number of hydrogen-bond acceptors (Lipinski definition) is 6. The average Bonchev–Trinajstić information content (AvgIpc) is 2.86. The van der Waals surface area contributed by atoms with Gasteiger partial charge in [0.1, 0.15) is 0 Å². The van der Waals surface area contributed by atoms with Crippen molar-refractivity contribution >= 4 is 56.2 Å². The van der Waals surface area contributed by atoms with Gasteiger partial charge in [0, 0.05) is 32.5 Å². The molecule has 0 unspecified atom stereocenters. The number of benzene rings is 4. The molecule has 6 nitrogen and oxygen atoms in total.